The van der Waals surface area contributed by atoms with Gasteiger partial charge in [-0.1, -0.05) is 32.1 Å². The highest BCUT2D eigenvalue weighted by Gasteiger charge is 2.13. The number of methoxy groups -OCH3 is 1. The van der Waals surface area contributed by atoms with E-state index < -0.39 is 11.9 Å². The van der Waals surface area contributed by atoms with Gasteiger partial charge in [-0.2, -0.15) is 0 Å². The van der Waals surface area contributed by atoms with Crippen molar-refractivity contribution in [3.63, 3.8) is 0 Å². The van der Waals surface area contributed by atoms with Crippen LogP contribution in [-0.2, 0) is 19.1 Å². The Balaban J connectivity index is 2.11. The zero-order chi connectivity index (χ0) is 12.5. The van der Waals surface area contributed by atoms with Gasteiger partial charge in [0.25, 0.3) is 0 Å². The summed E-state index contributed by atoms with van der Waals surface area (Å²) in [6.07, 6.45) is 9.51. The Labute approximate surface area is 102 Å². The number of rotatable bonds is 5. The van der Waals surface area contributed by atoms with E-state index in [0.29, 0.717) is 12.5 Å². The monoisotopic (exact) mass is 240 g/mol. The summed E-state index contributed by atoms with van der Waals surface area (Å²) in [6, 6.07) is 0. The van der Waals surface area contributed by atoms with E-state index in [1.165, 1.54) is 39.2 Å². The van der Waals surface area contributed by atoms with Crippen LogP contribution in [0.3, 0.4) is 0 Å². The molecule has 0 saturated heterocycles. The second kappa shape index (κ2) is 7.87. The fraction of sp³-hybridized carbons (Fsp3) is 0.692. The Hall–Kier alpha value is -1.32. The first-order chi connectivity index (χ1) is 8.22. The molecule has 1 aliphatic carbocycles. The third-order valence-electron chi connectivity index (χ3n) is 3.05. The average molecular weight is 240 g/mol. The maximum absolute atomic E-state index is 11.2. The summed E-state index contributed by atoms with van der Waals surface area (Å²) >= 11 is 0. The van der Waals surface area contributed by atoms with Gasteiger partial charge in [-0.05, 0) is 12.3 Å². The number of esters is 2. The van der Waals surface area contributed by atoms with Crippen molar-refractivity contribution in [3.8, 4) is 0 Å². The summed E-state index contributed by atoms with van der Waals surface area (Å²) in [7, 11) is 1.26. The molecule has 0 aliphatic heterocycles. The Morgan fingerprint density at radius 3 is 2.41 bits per heavy atom. The number of hydrogen-bond donors (Lipinski definition) is 0. The van der Waals surface area contributed by atoms with Gasteiger partial charge in [0, 0.05) is 12.2 Å². The zero-order valence-electron chi connectivity index (χ0n) is 10.3. The normalized spacial score (nSPS) is 17.0. The van der Waals surface area contributed by atoms with Crippen molar-refractivity contribution >= 4 is 11.9 Å². The van der Waals surface area contributed by atoms with Crippen molar-refractivity contribution in [1.29, 1.82) is 0 Å². The topological polar surface area (TPSA) is 52.6 Å². The summed E-state index contributed by atoms with van der Waals surface area (Å²) in [5, 5.41) is 0. The average Bonchev–Trinajstić information content (AvgIpc) is 2.37. The molecular formula is C13H20O4. The van der Waals surface area contributed by atoms with E-state index >= 15 is 0 Å². The van der Waals surface area contributed by atoms with Gasteiger partial charge in [0.15, 0.2) is 0 Å². The Bertz CT molecular complexity index is 277. The number of hydrogen-bond acceptors (Lipinski definition) is 4. The van der Waals surface area contributed by atoms with Crippen LogP contribution >= 0.6 is 0 Å². The van der Waals surface area contributed by atoms with Gasteiger partial charge >= 0.3 is 11.9 Å². The Kier molecular flexibility index (Phi) is 6.37. The van der Waals surface area contributed by atoms with Gasteiger partial charge in [0.2, 0.25) is 0 Å². The van der Waals surface area contributed by atoms with Crippen LogP contribution < -0.4 is 0 Å². The highest BCUT2D eigenvalue weighted by molar-refractivity contribution is 5.91. The minimum absolute atomic E-state index is 0.439. The summed E-state index contributed by atoms with van der Waals surface area (Å²) in [6.45, 7) is 0.439. The molecule has 0 spiro atoms. The molecular weight excluding hydrogens is 220 g/mol. The molecule has 0 amide bonds. The summed E-state index contributed by atoms with van der Waals surface area (Å²) in [4.78, 5) is 21.9. The molecule has 1 fully saturated rings. The van der Waals surface area contributed by atoms with Gasteiger partial charge in [0.1, 0.15) is 0 Å². The lowest BCUT2D eigenvalue weighted by Gasteiger charge is -2.20. The third-order valence-corrected chi connectivity index (χ3v) is 3.05. The van der Waals surface area contributed by atoms with Gasteiger partial charge < -0.3 is 9.47 Å². The van der Waals surface area contributed by atoms with Gasteiger partial charge in [-0.25, -0.2) is 9.59 Å². The van der Waals surface area contributed by atoms with Crippen molar-refractivity contribution in [1.82, 2.24) is 0 Å². The molecule has 1 saturated carbocycles. The predicted molar refractivity (Wildman–Crippen MR) is 63.3 cm³/mol. The van der Waals surface area contributed by atoms with E-state index in [1.54, 1.807) is 0 Å². The molecule has 0 unspecified atom stereocenters. The third kappa shape index (κ3) is 6.09. The van der Waals surface area contributed by atoms with Crippen molar-refractivity contribution < 1.29 is 19.1 Å². The summed E-state index contributed by atoms with van der Waals surface area (Å²) < 4.78 is 9.37. The highest BCUT2D eigenvalue weighted by Crippen LogP contribution is 2.25. The van der Waals surface area contributed by atoms with Crippen LogP contribution in [0.25, 0.3) is 0 Å². The molecule has 4 nitrogen and oxygen atoms in total. The molecule has 4 heteroatoms. The predicted octanol–water partition coefficient (Wildman–Crippen LogP) is 2.23. The maximum Gasteiger partial charge on any atom is 0.331 e. The molecule has 0 atom stereocenters. The van der Waals surface area contributed by atoms with Crippen LogP contribution in [0.15, 0.2) is 12.2 Å². The van der Waals surface area contributed by atoms with Gasteiger partial charge in [0.05, 0.1) is 13.7 Å². The lowest BCUT2D eigenvalue weighted by atomic mass is 9.87. The zero-order valence-corrected chi connectivity index (χ0v) is 10.3. The van der Waals surface area contributed by atoms with Crippen LogP contribution in [0.4, 0.5) is 0 Å². The van der Waals surface area contributed by atoms with Crippen LogP contribution in [0.2, 0.25) is 0 Å². The smallest absolute Gasteiger partial charge is 0.331 e. The molecule has 1 aliphatic rings. The summed E-state index contributed by atoms with van der Waals surface area (Å²) in [5.74, 6) is -0.332. The van der Waals surface area contributed by atoms with E-state index in [9.17, 15) is 9.59 Å². The van der Waals surface area contributed by atoms with Crippen molar-refractivity contribution in [2.45, 2.75) is 38.5 Å². The molecule has 0 bridgehead atoms. The SMILES string of the molecule is COC(=O)/C=C/C(=O)OCCC1CCCCC1. The molecule has 0 aromatic carbocycles. The fourth-order valence-electron chi connectivity index (χ4n) is 2.05. The van der Waals surface area contributed by atoms with Crippen molar-refractivity contribution in [2.75, 3.05) is 13.7 Å². The molecule has 0 heterocycles. The van der Waals surface area contributed by atoms with E-state index in [2.05, 4.69) is 4.74 Å². The molecule has 0 aromatic rings. The lowest BCUT2D eigenvalue weighted by Crippen LogP contribution is -2.11. The van der Waals surface area contributed by atoms with Crippen LogP contribution in [0, 0.1) is 5.92 Å². The van der Waals surface area contributed by atoms with E-state index in [-0.39, 0.29) is 0 Å². The first-order valence-corrected chi connectivity index (χ1v) is 6.15. The fourth-order valence-corrected chi connectivity index (χ4v) is 2.05. The van der Waals surface area contributed by atoms with E-state index in [1.807, 2.05) is 0 Å². The second-order valence-electron chi connectivity index (χ2n) is 4.32. The van der Waals surface area contributed by atoms with E-state index in [4.69, 9.17) is 4.74 Å². The number of carbonyl (C=O) groups excluding carboxylic acids is 2. The van der Waals surface area contributed by atoms with Crippen molar-refractivity contribution in [3.05, 3.63) is 12.2 Å². The molecule has 0 N–H and O–H groups in total. The first-order valence-electron chi connectivity index (χ1n) is 6.15. The Morgan fingerprint density at radius 1 is 1.12 bits per heavy atom. The van der Waals surface area contributed by atoms with Gasteiger partial charge in [-0.3, -0.25) is 0 Å². The Morgan fingerprint density at radius 2 is 1.76 bits per heavy atom. The largest absolute Gasteiger partial charge is 0.466 e. The quantitative estimate of drug-likeness (QED) is 0.546. The second-order valence-corrected chi connectivity index (χ2v) is 4.32. The van der Waals surface area contributed by atoms with Crippen LogP contribution in [-0.4, -0.2) is 25.7 Å². The number of ether oxygens (including phenoxy) is 2. The number of carbonyl (C=O) groups is 2. The molecule has 0 aromatic heterocycles. The first kappa shape index (κ1) is 13.7. The molecule has 1 rings (SSSR count). The molecule has 0 radical (unpaired) electrons. The van der Waals surface area contributed by atoms with Crippen LogP contribution in [0.1, 0.15) is 38.5 Å². The van der Waals surface area contributed by atoms with E-state index in [0.717, 1.165) is 18.6 Å². The standard InChI is InChI=1S/C13H20O4/c1-16-12(14)7-8-13(15)17-10-9-11-5-3-2-4-6-11/h7-8,11H,2-6,9-10H2,1H3/b8-7+. The highest BCUT2D eigenvalue weighted by atomic mass is 16.5. The molecule has 96 valence electrons. The van der Waals surface area contributed by atoms with Gasteiger partial charge in [-0.15, -0.1) is 0 Å². The van der Waals surface area contributed by atoms with Crippen molar-refractivity contribution in [2.24, 2.45) is 5.92 Å². The lowest BCUT2D eigenvalue weighted by molar-refractivity contribution is -0.139. The van der Waals surface area contributed by atoms with Crippen LogP contribution in [0.5, 0.6) is 0 Å². The summed E-state index contributed by atoms with van der Waals surface area (Å²) in [5.41, 5.74) is 0. The maximum atomic E-state index is 11.2. The minimum atomic E-state index is -0.547. The minimum Gasteiger partial charge on any atom is -0.466 e. The molecule has 17 heavy (non-hydrogen) atoms.